The van der Waals surface area contributed by atoms with E-state index in [0.717, 1.165) is 5.56 Å². The molecule has 0 unspecified atom stereocenters. The molecule has 2 heterocycles. The van der Waals surface area contributed by atoms with Crippen molar-refractivity contribution in [2.75, 3.05) is 43.4 Å². The predicted molar refractivity (Wildman–Crippen MR) is 65.9 cm³/mol. The summed E-state index contributed by atoms with van der Waals surface area (Å²) in [7, 11) is 0. The SMILES string of the molecule is Cc1c(N)ncnc1N1CCN(CC(F)(F)F)CC1. The summed E-state index contributed by atoms with van der Waals surface area (Å²) in [6.45, 7) is 2.70. The van der Waals surface area contributed by atoms with E-state index in [1.54, 1.807) is 0 Å². The van der Waals surface area contributed by atoms with Crippen molar-refractivity contribution in [1.82, 2.24) is 14.9 Å². The average molecular weight is 275 g/mol. The van der Waals surface area contributed by atoms with Crippen LogP contribution in [0.15, 0.2) is 6.33 Å². The summed E-state index contributed by atoms with van der Waals surface area (Å²) in [5.41, 5.74) is 6.47. The first-order valence-corrected chi connectivity index (χ1v) is 5.98. The highest BCUT2D eigenvalue weighted by molar-refractivity contribution is 5.55. The van der Waals surface area contributed by atoms with Crippen molar-refractivity contribution in [3.8, 4) is 0 Å². The molecule has 2 N–H and O–H groups in total. The normalized spacial score (nSPS) is 17.8. The number of anilines is 2. The molecule has 0 radical (unpaired) electrons. The van der Waals surface area contributed by atoms with Crippen LogP contribution in [-0.2, 0) is 0 Å². The van der Waals surface area contributed by atoms with Gasteiger partial charge in [0, 0.05) is 31.7 Å². The van der Waals surface area contributed by atoms with Crippen LogP contribution in [0.3, 0.4) is 0 Å². The lowest BCUT2D eigenvalue weighted by Gasteiger charge is -2.36. The number of nitrogens with two attached hydrogens (primary N) is 1. The molecule has 1 aliphatic heterocycles. The van der Waals surface area contributed by atoms with Crippen LogP contribution in [-0.4, -0.2) is 53.8 Å². The second kappa shape index (κ2) is 5.20. The molecule has 106 valence electrons. The van der Waals surface area contributed by atoms with Gasteiger partial charge in [-0.3, -0.25) is 4.90 Å². The molecule has 1 aromatic heterocycles. The highest BCUT2D eigenvalue weighted by Crippen LogP contribution is 2.22. The van der Waals surface area contributed by atoms with E-state index >= 15 is 0 Å². The van der Waals surface area contributed by atoms with E-state index in [0.29, 0.717) is 37.8 Å². The Hall–Kier alpha value is -1.57. The lowest BCUT2D eigenvalue weighted by Crippen LogP contribution is -2.49. The number of piperazine rings is 1. The molecule has 0 aliphatic carbocycles. The lowest BCUT2D eigenvalue weighted by atomic mass is 10.2. The minimum atomic E-state index is -4.14. The molecule has 19 heavy (non-hydrogen) atoms. The second-order valence-corrected chi connectivity index (χ2v) is 4.59. The number of halogens is 3. The summed E-state index contributed by atoms with van der Waals surface area (Å²) in [6, 6.07) is 0. The van der Waals surface area contributed by atoms with Gasteiger partial charge < -0.3 is 10.6 Å². The minimum absolute atomic E-state index is 0.364. The number of aromatic nitrogens is 2. The highest BCUT2D eigenvalue weighted by Gasteiger charge is 2.32. The van der Waals surface area contributed by atoms with Gasteiger partial charge in [-0.15, -0.1) is 0 Å². The summed E-state index contributed by atoms with van der Waals surface area (Å²) in [6.07, 6.45) is -2.77. The van der Waals surface area contributed by atoms with Gasteiger partial charge in [-0.25, -0.2) is 9.97 Å². The van der Waals surface area contributed by atoms with Gasteiger partial charge in [0.15, 0.2) is 0 Å². The molecule has 5 nitrogen and oxygen atoms in total. The summed E-state index contributed by atoms with van der Waals surface area (Å²) < 4.78 is 36.9. The molecule has 1 saturated heterocycles. The van der Waals surface area contributed by atoms with Crippen LogP contribution in [0.25, 0.3) is 0 Å². The Morgan fingerprint density at radius 2 is 1.84 bits per heavy atom. The number of nitrogens with zero attached hydrogens (tertiary/aromatic N) is 4. The van der Waals surface area contributed by atoms with Crippen LogP contribution in [0.2, 0.25) is 0 Å². The fraction of sp³-hybridized carbons (Fsp3) is 0.636. The summed E-state index contributed by atoms with van der Waals surface area (Å²) >= 11 is 0. The third-order valence-electron chi connectivity index (χ3n) is 3.17. The second-order valence-electron chi connectivity index (χ2n) is 4.59. The van der Waals surface area contributed by atoms with Crippen LogP contribution in [0, 0.1) is 6.92 Å². The number of alkyl halides is 3. The van der Waals surface area contributed by atoms with Gasteiger partial charge in [-0.1, -0.05) is 0 Å². The van der Waals surface area contributed by atoms with Crippen molar-refractivity contribution >= 4 is 11.6 Å². The zero-order chi connectivity index (χ0) is 14.0. The molecule has 1 fully saturated rings. The summed E-state index contributed by atoms with van der Waals surface area (Å²) in [5, 5.41) is 0. The Morgan fingerprint density at radius 1 is 1.21 bits per heavy atom. The molecular formula is C11H16F3N5. The van der Waals surface area contributed by atoms with E-state index in [2.05, 4.69) is 9.97 Å². The molecule has 8 heteroatoms. The maximum absolute atomic E-state index is 12.3. The van der Waals surface area contributed by atoms with Gasteiger partial charge in [0.25, 0.3) is 0 Å². The van der Waals surface area contributed by atoms with Crippen LogP contribution < -0.4 is 10.6 Å². The predicted octanol–water partition coefficient (Wildman–Crippen LogP) is 1.05. The van der Waals surface area contributed by atoms with Crippen molar-refractivity contribution in [3.05, 3.63) is 11.9 Å². The molecule has 2 rings (SSSR count). The van der Waals surface area contributed by atoms with Crippen LogP contribution in [0.4, 0.5) is 24.8 Å². The van der Waals surface area contributed by atoms with Crippen LogP contribution >= 0.6 is 0 Å². The van der Waals surface area contributed by atoms with Crippen molar-refractivity contribution in [2.45, 2.75) is 13.1 Å². The maximum atomic E-state index is 12.3. The summed E-state index contributed by atoms with van der Waals surface area (Å²) in [5.74, 6) is 1.11. The Bertz CT molecular complexity index is 440. The number of rotatable bonds is 2. The molecule has 1 aromatic rings. The molecule has 0 spiro atoms. The van der Waals surface area contributed by atoms with E-state index in [9.17, 15) is 13.2 Å². The lowest BCUT2D eigenvalue weighted by molar-refractivity contribution is -0.146. The number of nitrogen functional groups attached to an aromatic ring is 1. The Morgan fingerprint density at radius 3 is 2.42 bits per heavy atom. The first kappa shape index (κ1) is 13.9. The Balaban J connectivity index is 1.98. The molecule has 0 saturated carbocycles. The Kier molecular flexibility index (Phi) is 3.79. The zero-order valence-electron chi connectivity index (χ0n) is 10.6. The molecule has 0 amide bonds. The average Bonchev–Trinajstić information content (AvgIpc) is 2.32. The zero-order valence-corrected chi connectivity index (χ0v) is 10.6. The van der Waals surface area contributed by atoms with Crippen molar-refractivity contribution in [3.63, 3.8) is 0 Å². The Labute approximate surface area is 109 Å². The quantitative estimate of drug-likeness (QED) is 0.874. The highest BCUT2D eigenvalue weighted by atomic mass is 19.4. The fourth-order valence-corrected chi connectivity index (χ4v) is 2.14. The van der Waals surface area contributed by atoms with Crippen molar-refractivity contribution in [1.29, 1.82) is 0 Å². The van der Waals surface area contributed by atoms with Gasteiger partial charge in [0.2, 0.25) is 0 Å². The van der Waals surface area contributed by atoms with Gasteiger partial charge >= 0.3 is 6.18 Å². The minimum Gasteiger partial charge on any atom is -0.383 e. The van der Waals surface area contributed by atoms with Crippen LogP contribution in [0.1, 0.15) is 5.56 Å². The van der Waals surface area contributed by atoms with E-state index in [4.69, 9.17) is 5.73 Å². The van der Waals surface area contributed by atoms with Crippen molar-refractivity contribution < 1.29 is 13.2 Å². The van der Waals surface area contributed by atoms with Gasteiger partial charge in [0.05, 0.1) is 6.54 Å². The third kappa shape index (κ3) is 3.46. The number of hydrogen-bond acceptors (Lipinski definition) is 5. The van der Waals surface area contributed by atoms with Gasteiger partial charge in [-0.2, -0.15) is 13.2 Å². The largest absolute Gasteiger partial charge is 0.401 e. The molecule has 0 atom stereocenters. The van der Waals surface area contributed by atoms with E-state index in [1.807, 2.05) is 11.8 Å². The van der Waals surface area contributed by atoms with E-state index in [-0.39, 0.29) is 0 Å². The molecular weight excluding hydrogens is 259 g/mol. The maximum Gasteiger partial charge on any atom is 0.401 e. The molecule has 1 aliphatic rings. The summed E-state index contributed by atoms with van der Waals surface area (Å²) in [4.78, 5) is 11.4. The first-order chi connectivity index (χ1) is 8.87. The van der Waals surface area contributed by atoms with Gasteiger partial charge in [-0.05, 0) is 6.92 Å². The van der Waals surface area contributed by atoms with E-state index < -0.39 is 12.7 Å². The van der Waals surface area contributed by atoms with E-state index in [1.165, 1.54) is 11.2 Å². The van der Waals surface area contributed by atoms with Crippen molar-refractivity contribution in [2.24, 2.45) is 0 Å². The van der Waals surface area contributed by atoms with Crippen LogP contribution in [0.5, 0.6) is 0 Å². The molecule has 0 bridgehead atoms. The topological polar surface area (TPSA) is 58.3 Å². The molecule has 0 aromatic carbocycles. The standard InChI is InChI=1S/C11H16F3N5/c1-8-9(15)16-7-17-10(8)19-4-2-18(3-5-19)6-11(12,13)14/h7H,2-6H2,1H3,(H2,15,16,17). The first-order valence-electron chi connectivity index (χ1n) is 5.98. The third-order valence-corrected chi connectivity index (χ3v) is 3.17. The monoisotopic (exact) mass is 275 g/mol. The van der Waals surface area contributed by atoms with Gasteiger partial charge in [0.1, 0.15) is 18.0 Å². The number of hydrogen-bond donors (Lipinski definition) is 1. The fourth-order valence-electron chi connectivity index (χ4n) is 2.14. The smallest absolute Gasteiger partial charge is 0.383 e.